The van der Waals surface area contributed by atoms with E-state index in [9.17, 15) is 9.59 Å². The second-order valence-corrected chi connectivity index (χ2v) is 4.81. The number of urea groups is 1. The molecule has 7 nitrogen and oxygen atoms in total. The lowest BCUT2D eigenvalue weighted by molar-refractivity contribution is -0.149. The van der Waals surface area contributed by atoms with Gasteiger partial charge in [0.05, 0.1) is 18.7 Å². The third-order valence-electron chi connectivity index (χ3n) is 3.38. The average molecular weight is 280 g/mol. The number of aromatic nitrogens is 2. The summed E-state index contributed by atoms with van der Waals surface area (Å²) in [4.78, 5) is 25.6. The van der Waals surface area contributed by atoms with Crippen molar-refractivity contribution in [3.63, 3.8) is 0 Å². The summed E-state index contributed by atoms with van der Waals surface area (Å²) in [7, 11) is 1.76. The number of hydrogen-bond donors (Lipinski definition) is 1. The number of esters is 1. The zero-order valence-electron chi connectivity index (χ0n) is 11.8. The van der Waals surface area contributed by atoms with Crippen LogP contribution in [0.5, 0.6) is 0 Å². The van der Waals surface area contributed by atoms with Crippen molar-refractivity contribution in [3.05, 3.63) is 12.3 Å². The van der Waals surface area contributed by atoms with Gasteiger partial charge in [-0.15, -0.1) is 0 Å². The monoisotopic (exact) mass is 280 g/mol. The molecule has 0 aromatic carbocycles. The minimum Gasteiger partial charge on any atom is -0.466 e. The highest BCUT2D eigenvalue weighted by atomic mass is 16.5. The summed E-state index contributed by atoms with van der Waals surface area (Å²) < 4.78 is 6.61. The van der Waals surface area contributed by atoms with Gasteiger partial charge in [-0.3, -0.25) is 14.8 Å². The number of aryl methyl sites for hydroxylation is 1. The third kappa shape index (κ3) is 3.28. The van der Waals surface area contributed by atoms with E-state index in [1.807, 2.05) is 0 Å². The highest BCUT2D eigenvalue weighted by molar-refractivity contribution is 5.89. The first-order chi connectivity index (χ1) is 9.61. The number of nitrogens with zero attached hydrogens (tertiary/aromatic N) is 3. The zero-order chi connectivity index (χ0) is 14.5. The smallest absolute Gasteiger partial charge is 0.323 e. The molecule has 1 saturated heterocycles. The molecule has 7 heteroatoms. The van der Waals surface area contributed by atoms with Crippen molar-refractivity contribution in [2.24, 2.45) is 13.0 Å². The molecule has 2 amide bonds. The topological polar surface area (TPSA) is 76.5 Å². The van der Waals surface area contributed by atoms with E-state index in [4.69, 9.17) is 4.74 Å². The predicted octanol–water partition coefficient (Wildman–Crippen LogP) is 1.23. The number of hydrogen-bond acceptors (Lipinski definition) is 4. The summed E-state index contributed by atoms with van der Waals surface area (Å²) in [5.74, 6) is 0.194. The molecule has 110 valence electrons. The van der Waals surface area contributed by atoms with Crippen molar-refractivity contribution in [1.29, 1.82) is 0 Å². The van der Waals surface area contributed by atoms with E-state index in [0.29, 0.717) is 25.5 Å². The fourth-order valence-corrected chi connectivity index (χ4v) is 2.30. The number of piperidine rings is 1. The van der Waals surface area contributed by atoms with Gasteiger partial charge < -0.3 is 9.64 Å². The Morgan fingerprint density at radius 3 is 3.00 bits per heavy atom. The molecule has 0 aliphatic carbocycles. The van der Waals surface area contributed by atoms with E-state index in [1.165, 1.54) is 0 Å². The van der Waals surface area contributed by atoms with Crippen molar-refractivity contribution in [2.45, 2.75) is 19.8 Å². The third-order valence-corrected chi connectivity index (χ3v) is 3.38. The summed E-state index contributed by atoms with van der Waals surface area (Å²) in [5, 5.41) is 6.78. The normalized spacial score (nSPS) is 18.7. The lowest BCUT2D eigenvalue weighted by Crippen LogP contribution is -2.44. The molecule has 1 aromatic rings. The standard InChI is InChI=1S/C13H20N4O3/c1-3-20-12(18)10-5-4-8-17(9-10)13(19)15-11-6-7-14-16(11)2/h6-7,10H,3-5,8-9H2,1-2H3,(H,15,19). The van der Waals surface area contributed by atoms with E-state index in [1.54, 1.807) is 35.8 Å². The van der Waals surface area contributed by atoms with Gasteiger partial charge in [-0.1, -0.05) is 0 Å². The van der Waals surface area contributed by atoms with Gasteiger partial charge in [0, 0.05) is 26.2 Å². The Morgan fingerprint density at radius 1 is 1.55 bits per heavy atom. The van der Waals surface area contributed by atoms with Crippen LogP contribution in [-0.4, -0.2) is 46.4 Å². The van der Waals surface area contributed by atoms with Gasteiger partial charge >= 0.3 is 12.0 Å². The van der Waals surface area contributed by atoms with Crippen LogP contribution in [0.1, 0.15) is 19.8 Å². The van der Waals surface area contributed by atoms with E-state index < -0.39 is 0 Å². The molecule has 2 rings (SSSR count). The van der Waals surface area contributed by atoms with Crippen LogP contribution in [0, 0.1) is 5.92 Å². The van der Waals surface area contributed by atoms with Gasteiger partial charge in [-0.25, -0.2) is 4.79 Å². The molecule has 1 aliphatic rings. The fraction of sp³-hybridized carbons (Fsp3) is 0.615. The first-order valence-corrected chi connectivity index (χ1v) is 6.82. The largest absolute Gasteiger partial charge is 0.466 e. The molecule has 0 spiro atoms. The minimum absolute atomic E-state index is 0.206. The van der Waals surface area contributed by atoms with Gasteiger partial charge in [0.25, 0.3) is 0 Å². The molecular weight excluding hydrogens is 260 g/mol. The van der Waals surface area contributed by atoms with E-state index in [-0.39, 0.29) is 17.9 Å². The summed E-state index contributed by atoms with van der Waals surface area (Å²) in [6, 6.07) is 1.52. The van der Waals surface area contributed by atoms with Crippen molar-refractivity contribution in [3.8, 4) is 0 Å². The molecule has 1 N–H and O–H groups in total. The van der Waals surface area contributed by atoms with Crippen molar-refractivity contribution in [2.75, 3.05) is 25.0 Å². The quantitative estimate of drug-likeness (QED) is 0.845. The van der Waals surface area contributed by atoms with Crippen LogP contribution in [0.4, 0.5) is 10.6 Å². The Kier molecular flexibility index (Phi) is 4.60. The van der Waals surface area contributed by atoms with Crippen LogP contribution in [0.25, 0.3) is 0 Å². The molecular formula is C13H20N4O3. The van der Waals surface area contributed by atoms with Gasteiger partial charge in [-0.2, -0.15) is 5.10 Å². The highest BCUT2D eigenvalue weighted by Gasteiger charge is 2.29. The maximum Gasteiger partial charge on any atom is 0.323 e. The number of likely N-dealkylation sites (tertiary alicyclic amines) is 1. The van der Waals surface area contributed by atoms with E-state index >= 15 is 0 Å². The molecule has 0 saturated carbocycles. The molecule has 2 heterocycles. The zero-order valence-corrected chi connectivity index (χ0v) is 11.8. The highest BCUT2D eigenvalue weighted by Crippen LogP contribution is 2.19. The molecule has 0 radical (unpaired) electrons. The van der Waals surface area contributed by atoms with Gasteiger partial charge in [0.15, 0.2) is 0 Å². The number of amides is 2. The molecule has 1 unspecified atom stereocenters. The fourth-order valence-electron chi connectivity index (χ4n) is 2.30. The number of ether oxygens (including phenoxy) is 1. The number of carbonyl (C=O) groups is 2. The number of carbonyl (C=O) groups excluding carboxylic acids is 2. The molecule has 1 atom stereocenters. The molecule has 1 fully saturated rings. The maximum atomic E-state index is 12.2. The number of nitrogens with one attached hydrogen (secondary N) is 1. The summed E-state index contributed by atoms with van der Waals surface area (Å²) >= 11 is 0. The summed E-state index contributed by atoms with van der Waals surface area (Å²) in [6.07, 6.45) is 3.20. The number of rotatable bonds is 3. The van der Waals surface area contributed by atoms with Crippen LogP contribution < -0.4 is 5.32 Å². The van der Waals surface area contributed by atoms with Crippen LogP contribution in [0.3, 0.4) is 0 Å². The molecule has 1 aliphatic heterocycles. The van der Waals surface area contributed by atoms with Gasteiger partial charge in [0.1, 0.15) is 5.82 Å². The van der Waals surface area contributed by atoms with Gasteiger partial charge in [-0.05, 0) is 19.8 Å². The maximum absolute atomic E-state index is 12.2. The van der Waals surface area contributed by atoms with E-state index in [0.717, 1.165) is 12.8 Å². The number of anilines is 1. The Balaban J connectivity index is 1.93. The van der Waals surface area contributed by atoms with Gasteiger partial charge in [0.2, 0.25) is 0 Å². The first-order valence-electron chi connectivity index (χ1n) is 6.82. The average Bonchev–Trinajstić information content (AvgIpc) is 2.85. The summed E-state index contributed by atoms with van der Waals surface area (Å²) in [5.41, 5.74) is 0. The minimum atomic E-state index is -0.221. The van der Waals surface area contributed by atoms with Crippen LogP contribution >= 0.6 is 0 Å². The Hall–Kier alpha value is -2.05. The second kappa shape index (κ2) is 6.40. The van der Waals surface area contributed by atoms with Crippen molar-refractivity contribution >= 4 is 17.8 Å². The van der Waals surface area contributed by atoms with Crippen LogP contribution in [0.15, 0.2) is 12.3 Å². The predicted molar refractivity (Wildman–Crippen MR) is 73.2 cm³/mol. The van der Waals surface area contributed by atoms with Crippen molar-refractivity contribution < 1.29 is 14.3 Å². The van der Waals surface area contributed by atoms with Crippen LogP contribution in [-0.2, 0) is 16.6 Å². The van der Waals surface area contributed by atoms with Crippen LogP contribution in [0.2, 0.25) is 0 Å². The Labute approximate surface area is 117 Å². The molecule has 0 bridgehead atoms. The van der Waals surface area contributed by atoms with Crippen molar-refractivity contribution in [1.82, 2.24) is 14.7 Å². The first kappa shape index (κ1) is 14.4. The SMILES string of the molecule is CCOC(=O)C1CCCN(C(=O)Nc2ccnn2C)C1. The molecule has 1 aromatic heterocycles. The Bertz CT molecular complexity index is 486. The Morgan fingerprint density at radius 2 is 2.35 bits per heavy atom. The van der Waals surface area contributed by atoms with E-state index in [2.05, 4.69) is 10.4 Å². The summed E-state index contributed by atoms with van der Waals surface area (Å²) in [6.45, 7) is 3.21. The lowest BCUT2D eigenvalue weighted by Gasteiger charge is -2.31. The molecule has 20 heavy (non-hydrogen) atoms. The lowest BCUT2D eigenvalue weighted by atomic mass is 9.98. The second-order valence-electron chi connectivity index (χ2n) is 4.81.